The second kappa shape index (κ2) is 5.11. The van der Waals surface area contributed by atoms with Crippen LogP contribution in [-0.4, -0.2) is 18.2 Å². The highest BCUT2D eigenvalue weighted by Gasteiger charge is 2.47. The lowest BCUT2D eigenvalue weighted by Crippen LogP contribution is -2.23. The van der Waals surface area contributed by atoms with E-state index in [4.69, 9.17) is 9.47 Å². The molecule has 3 rings (SSSR count). The fourth-order valence-corrected chi connectivity index (χ4v) is 2.60. The number of benzene rings is 1. The third kappa shape index (κ3) is 2.56. The summed E-state index contributed by atoms with van der Waals surface area (Å²) >= 11 is 0. The van der Waals surface area contributed by atoms with Crippen LogP contribution >= 0.6 is 0 Å². The summed E-state index contributed by atoms with van der Waals surface area (Å²) in [5.74, 6) is -0.184. The summed E-state index contributed by atoms with van der Waals surface area (Å²) in [7, 11) is 0. The van der Waals surface area contributed by atoms with E-state index in [1.165, 1.54) is 19.3 Å². The maximum absolute atomic E-state index is 11.9. The fourth-order valence-electron chi connectivity index (χ4n) is 2.60. The molecule has 1 saturated heterocycles. The average molecular weight is 246 g/mol. The van der Waals surface area contributed by atoms with Crippen molar-refractivity contribution >= 4 is 5.97 Å². The summed E-state index contributed by atoms with van der Waals surface area (Å²) in [5, 5.41) is 0. The molecule has 1 heterocycles. The summed E-state index contributed by atoms with van der Waals surface area (Å²) in [4.78, 5) is 11.9. The molecule has 0 spiro atoms. The number of ether oxygens (including phenoxy) is 2. The van der Waals surface area contributed by atoms with Crippen molar-refractivity contribution in [2.24, 2.45) is 0 Å². The van der Waals surface area contributed by atoms with Gasteiger partial charge in [0.25, 0.3) is 0 Å². The predicted molar refractivity (Wildman–Crippen MR) is 67.0 cm³/mol. The molecule has 0 aromatic heterocycles. The van der Waals surface area contributed by atoms with Crippen LogP contribution in [0.3, 0.4) is 0 Å². The molecule has 96 valence electrons. The number of hydrogen-bond acceptors (Lipinski definition) is 3. The zero-order valence-corrected chi connectivity index (χ0v) is 10.4. The van der Waals surface area contributed by atoms with Gasteiger partial charge < -0.3 is 9.47 Å². The topological polar surface area (TPSA) is 38.8 Å². The second-order valence-electron chi connectivity index (χ2n) is 5.08. The standard InChI is InChI=1S/C15H18O3/c16-15(17-12-9-5-2-6-10-12)14-13(18-14)11-7-3-1-4-8-11/h1,3-4,7-8,12-14H,2,5-6,9-10H2. The molecule has 0 amide bonds. The summed E-state index contributed by atoms with van der Waals surface area (Å²) in [6.45, 7) is 0. The van der Waals surface area contributed by atoms with Crippen molar-refractivity contribution in [1.82, 2.24) is 0 Å². The largest absolute Gasteiger partial charge is 0.460 e. The average Bonchev–Trinajstić information content (AvgIpc) is 3.21. The highest BCUT2D eigenvalue weighted by molar-refractivity contribution is 5.78. The van der Waals surface area contributed by atoms with Gasteiger partial charge in [-0.25, -0.2) is 4.79 Å². The summed E-state index contributed by atoms with van der Waals surface area (Å²) < 4.78 is 10.9. The lowest BCUT2D eigenvalue weighted by Gasteiger charge is -2.21. The van der Waals surface area contributed by atoms with E-state index in [0.29, 0.717) is 0 Å². The molecule has 3 heteroatoms. The van der Waals surface area contributed by atoms with Crippen molar-refractivity contribution in [2.75, 3.05) is 0 Å². The number of carbonyl (C=O) groups excluding carboxylic acids is 1. The van der Waals surface area contributed by atoms with E-state index in [1.54, 1.807) is 0 Å². The molecule has 2 fully saturated rings. The molecule has 1 aromatic rings. The zero-order chi connectivity index (χ0) is 12.4. The van der Waals surface area contributed by atoms with Gasteiger partial charge in [0.15, 0.2) is 6.10 Å². The first kappa shape index (κ1) is 11.7. The maximum atomic E-state index is 11.9. The number of carbonyl (C=O) groups is 1. The van der Waals surface area contributed by atoms with Gasteiger partial charge in [-0.2, -0.15) is 0 Å². The van der Waals surface area contributed by atoms with Crippen molar-refractivity contribution in [2.45, 2.75) is 50.4 Å². The Bertz CT molecular complexity index is 409. The van der Waals surface area contributed by atoms with E-state index < -0.39 is 0 Å². The molecule has 2 atom stereocenters. The minimum atomic E-state index is -0.380. The summed E-state index contributed by atoms with van der Waals surface area (Å²) in [6.07, 6.45) is 5.27. The molecule has 18 heavy (non-hydrogen) atoms. The second-order valence-corrected chi connectivity index (χ2v) is 5.08. The van der Waals surface area contributed by atoms with Crippen molar-refractivity contribution in [3.05, 3.63) is 35.9 Å². The minimum absolute atomic E-state index is 0.0951. The molecule has 3 nitrogen and oxygen atoms in total. The van der Waals surface area contributed by atoms with Crippen LogP contribution in [0.15, 0.2) is 30.3 Å². The third-order valence-electron chi connectivity index (χ3n) is 3.69. The summed E-state index contributed by atoms with van der Waals surface area (Å²) in [6, 6.07) is 9.85. The first-order valence-electron chi connectivity index (χ1n) is 6.75. The van der Waals surface area contributed by atoms with Crippen LogP contribution in [0.4, 0.5) is 0 Å². The lowest BCUT2D eigenvalue weighted by molar-refractivity contribution is -0.152. The van der Waals surface area contributed by atoms with E-state index in [1.807, 2.05) is 30.3 Å². The Hall–Kier alpha value is -1.35. The first-order chi connectivity index (χ1) is 8.84. The molecular weight excluding hydrogens is 228 g/mol. The molecule has 1 aromatic carbocycles. The Balaban J connectivity index is 1.53. The monoisotopic (exact) mass is 246 g/mol. The van der Waals surface area contributed by atoms with Crippen LogP contribution in [0.25, 0.3) is 0 Å². The number of rotatable bonds is 3. The SMILES string of the molecule is O=C(OC1CCCCC1)C1OC1c1ccccc1. The van der Waals surface area contributed by atoms with Crippen LogP contribution in [0.2, 0.25) is 0 Å². The van der Waals surface area contributed by atoms with Crippen LogP contribution in [-0.2, 0) is 14.3 Å². The van der Waals surface area contributed by atoms with Crippen molar-refractivity contribution in [3.8, 4) is 0 Å². The highest BCUT2D eigenvalue weighted by atomic mass is 16.6. The molecule has 2 aliphatic rings. The van der Waals surface area contributed by atoms with Gasteiger partial charge in [0.1, 0.15) is 12.2 Å². The van der Waals surface area contributed by atoms with Crippen LogP contribution < -0.4 is 0 Å². The van der Waals surface area contributed by atoms with Gasteiger partial charge in [0.05, 0.1) is 0 Å². The molecule has 0 bridgehead atoms. The molecule has 1 aliphatic heterocycles. The fraction of sp³-hybridized carbons (Fsp3) is 0.533. The van der Waals surface area contributed by atoms with E-state index in [9.17, 15) is 4.79 Å². The first-order valence-corrected chi connectivity index (χ1v) is 6.75. The van der Waals surface area contributed by atoms with E-state index in [-0.39, 0.29) is 24.3 Å². The van der Waals surface area contributed by atoms with E-state index in [0.717, 1.165) is 18.4 Å². The van der Waals surface area contributed by atoms with Crippen LogP contribution in [0.5, 0.6) is 0 Å². The minimum Gasteiger partial charge on any atom is -0.460 e. The Morgan fingerprint density at radius 1 is 1.11 bits per heavy atom. The Morgan fingerprint density at radius 2 is 1.83 bits per heavy atom. The predicted octanol–water partition coefficient (Wildman–Crippen LogP) is 3.00. The normalized spacial score (nSPS) is 27.8. The van der Waals surface area contributed by atoms with E-state index >= 15 is 0 Å². The van der Waals surface area contributed by atoms with E-state index in [2.05, 4.69) is 0 Å². The van der Waals surface area contributed by atoms with Crippen molar-refractivity contribution in [1.29, 1.82) is 0 Å². The van der Waals surface area contributed by atoms with Gasteiger partial charge in [0.2, 0.25) is 0 Å². The smallest absolute Gasteiger partial charge is 0.338 e. The summed E-state index contributed by atoms with van der Waals surface area (Å²) in [5.41, 5.74) is 1.06. The van der Waals surface area contributed by atoms with Crippen LogP contribution in [0.1, 0.15) is 43.8 Å². The highest BCUT2D eigenvalue weighted by Crippen LogP contribution is 2.39. The van der Waals surface area contributed by atoms with Gasteiger partial charge in [-0.15, -0.1) is 0 Å². The molecule has 1 saturated carbocycles. The van der Waals surface area contributed by atoms with Gasteiger partial charge in [0, 0.05) is 0 Å². The van der Waals surface area contributed by atoms with Gasteiger partial charge in [-0.05, 0) is 31.2 Å². The molecule has 0 N–H and O–H groups in total. The zero-order valence-electron chi connectivity index (χ0n) is 10.4. The van der Waals surface area contributed by atoms with Crippen molar-refractivity contribution < 1.29 is 14.3 Å². The number of hydrogen-bond donors (Lipinski definition) is 0. The molecular formula is C15H18O3. The Morgan fingerprint density at radius 3 is 2.56 bits per heavy atom. The van der Waals surface area contributed by atoms with Gasteiger partial charge >= 0.3 is 5.97 Å². The molecule has 2 unspecified atom stereocenters. The van der Waals surface area contributed by atoms with Gasteiger partial charge in [-0.3, -0.25) is 0 Å². The maximum Gasteiger partial charge on any atom is 0.338 e. The van der Waals surface area contributed by atoms with Crippen LogP contribution in [0, 0.1) is 0 Å². The Kier molecular flexibility index (Phi) is 3.33. The number of epoxide rings is 1. The number of esters is 1. The Labute approximate surface area is 107 Å². The molecule has 0 radical (unpaired) electrons. The van der Waals surface area contributed by atoms with Gasteiger partial charge in [-0.1, -0.05) is 36.8 Å². The molecule has 1 aliphatic carbocycles. The lowest BCUT2D eigenvalue weighted by atomic mass is 9.98. The van der Waals surface area contributed by atoms with Crippen molar-refractivity contribution in [3.63, 3.8) is 0 Å². The quantitative estimate of drug-likeness (QED) is 0.608. The third-order valence-corrected chi connectivity index (χ3v) is 3.69.